The highest BCUT2D eigenvalue weighted by Crippen LogP contribution is 2.29. The molecule has 0 saturated heterocycles. The van der Waals surface area contributed by atoms with E-state index in [1.807, 2.05) is 6.07 Å². The van der Waals surface area contributed by atoms with Crippen molar-refractivity contribution in [2.24, 2.45) is 0 Å². The SMILES string of the molecule is COc1cc(C(NCc2cccnc2)C(=O)O)ccc1O. The third-order valence-electron chi connectivity index (χ3n) is 3.02. The smallest absolute Gasteiger partial charge is 0.325 e. The van der Waals surface area contributed by atoms with Crippen molar-refractivity contribution in [2.75, 3.05) is 7.11 Å². The van der Waals surface area contributed by atoms with Crippen LogP contribution in [-0.2, 0) is 11.3 Å². The molecule has 6 nitrogen and oxygen atoms in total. The number of benzene rings is 1. The van der Waals surface area contributed by atoms with Gasteiger partial charge in [-0.15, -0.1) is 0 Å². The number of aliphatic carboxylic acids is 1. The second-order valence-corrected chi connectivity index (χ2v) is 4.44. The highest BCUT2D eigenvalue weighted by atomic mass is 16.5. The molecule has 2 aromatic rings. The molecule has 6 heteroatoms. The van der Waals surface area contributed by atoms with E-state index >= 15 is 0 Å². The number of nitrogens with one attached hydrogen (secondary N) is 1. The number of aromatic hydroxyl groups is 1. The lowest BCUT2D eigenvalue weighted by atomic mass is 10.1. The molecular formula is C15H16N2O4. The molecule has 0 spiro atoms. The van der Waals surface area contributed by atoms with Crippen LogP contribution in [0.4, 0.5) is 0 Å². The predicted molar refractivity (Wildman–Crippen MR) is 76.1 cm³/mol. The van der Waals surface area contributed by atoms with Crippen LogP contribution in [0.3, 0.4) is 0 Å². The van der Waals surface area contributed by atoms with Gasteiger partial charge in [0.1, 0.15) is 6.04 Å². The molecule has 21 heavy (non-hydrogen) atoms. The monoisotopic (exact) mass is 288 g/mol. The van der Waals surface area contributed by atoms with Crippen molar-refractivity contribution < 1.29 is 19.7 Å². The van der Waals surface area contributed by atoms with Gasteiger partial charge in [-0.3, -0.25) is 15.1 Å². The molecular weight excluding hydrogens is 272 g/mol. The summed E-state index contributed by atoms with van der Waals surface area (Å²) in [5, 5.41) is 21.9. The summed E-state index contributed by atoms with van der Waals surface area (Å²) in [5.74, 6) is -0.800. The molecule has 1 aromatic carbocycles. The van der Waals surface area contributed by atoms with Crippen molar-refractivity contribution in [3.05, 3.63) is 53.9 Å². The molecule has 1 heterocycles. The number of aromatic nitrogens is 1. The van der Waals surface area contributed by atoms with E-state index < -0.39 is 12.0 Å². The second-order valence-electron chi connectivity index (χ2n) is 4.44. The van der Waals surface area contributed by atoms with Crippen LogP contribution < -0.4 is 10.1 Å². The quantitative estimate of drug-likeness (QED) is 0.749. The molecule has 2 rings (SSSR count). The summed E-state index contributed by atoms with van der Waals surface area (Å²) >= 11 is 0. The standard InChI is InChI=1S/C15H16N2O4/c1-21-13-7-11(4-5-12(13)18)14(15(19)20)17-9-10-3-2-6-16-8-10/h2-8,14,17-18H,9H2,1H3,(H,19,20). The number of pyridine rings is 1. The first kappa shape index (κ1) is 14.8. The van der Waals surface area contributed by atoms with Gasteiger partial charge in [0.25, 0.3) is 0 Å². The van der Waals surface area contributed by atoms with E-state index in [4.69, 9.17) is 4.74 Å². The average molecular weight is 288 g/mol. The van der Waals surface area contributed by atoms with E-state index in [2.05, 4.69) is 10.3 Å². The van der Waals surface area contributed by atoms with Crippen LogP contribution in [0.1, 0.15) is 17.2 Å². The summed E-state index contributed by atoms with van der Waals surface area (Å²) in [4.78, 5) is 15.4. The summed E-state index contributed by atoms with van der Waals surface area (Å²) in [6.07, 6.45) is 3.33. The van der Waals surface area contributed by atoms with E-state index in [1.165, 1.54) is 19.2 Å². The molecule has 0 fully saturated rings. The summed E-state index contributed by atoms with van der Waals surface area (Å²) in [7, 11) is 1.41. The zero-order valence-electron chi connectivity index (χ0n) is 11.5. The van der Waals surface area contributed by atoms with Crippen LogP contribution in [0.15, 0.2) is 42.7 Å². The van der Waals surface area contributed by atoms with Gasteiger partial charge < -0.3 is 14.9 Å². The number of rotatable bonds is 6. The van der Waals surface area contributed by atoms with Crippen molar-refractivity contribution in [3.8, 4) is 11.5 Å². The zero-order valence-corrected chi connectivity index (χ0v) is 11.5. The highest BCUT2D eigenvalue weighted by molar-refractivity contribution is 5.76. The molecule has 0 saturated carbocycles. The molecule has 0 radical (unpaired) electrons. The number of methoxy groups -OCH3 is 1. The Morgan fingerprint density at radius 2 is 2.24 bits per heavy atom. The highest BCUT2D eigenvalue weighted by Gasteiger charge is 2.20. The Hall–Kier alpha value is -2.60. The fraction of sp³-hybridized carbons (Fsp3) is 0.200. The fourth-order valence-electron chi connectivity index (χ4n) is 1.94. The van der Waals surface area contributed by atoms with Gasteiger partial charge in [0.2, 0.25) is 0 Å². The maximum atomic E-state index is 11.4. The third kappa shape index (κ3) is 3.70. The lowest BCUT2D eigenvalue weighted by Gasteiger charge is -2.16. The lowest BCUT2D eigenvalue weighted by Crippen LogP contribution is -2.28. The number of carboxylic acid groups (broad SMARTS) is 1. The number of hydrogen-bond acceptors (Lipinski definition) is 5. The molecule has 1 aromatic heterocycles. The number of carbonyl (C=O) groups is 1. The minimum absolute atomic E-state index is 0.0300. The number of carboxylic acids is 1. The van der Waals surface area contributed by atoms with E-state index in [0.717, 1.165) is 5.56 Å². The maximum absolute atomic E-state index is 11.4. The number of hydrogen-bond donors (Lipinski definition) is 3. The number of phenols is 1. The molecule has 110 valence electrons. The Morgan fingerprint density at radius 1 is 1.43 bits per heavy atom. The van der Waals surface area contributed by atoms with E-state index in [9.17, 15) is 15.0 Å². The summed E-state index contributed by atoms with van der Waals surface area (Å²) in [6.45, 7) is 0.369. The molecule has 0 aliphatic rings. The first-order chi connectivity index (χ1) is 10.1. The van der Waals surface area contributed by atoms with Crippen LogP contribution in [0.2, 0.25) is 0 Å². The minimum atomic E-state index is -1.01. The van der Waals surface area contributed by atoms with Gasteiger partial charge >= 0.3 is 5.97 Å². The fourth-order valence-corrected chi connectivity index (χ4v) is 1.94. The first-order valence-corrected chi connectivity index (χ1v) is 6.34. The Bertz CT molecular complexity index is 616. The van der Waals surface area contributed by atoms with Gasteiger partial charge in [0, 0.05) is 18.9 Å². The van der Waals surface area contributed by atoms with Gasteiger partial charge in [0.05, 0.1) is 7.11 Å². The van der Waals surface area contributed by atoms with Gasteiger partial charge in [-0.25, -0.2) is 0 Å². The average Bonchev–Trinajstić information content (AvgIpc) is 2.49. The minimum Gasteiger partial charge on any atom is -0.504 e. The van der Waals surface area contributed by atoms with Crippen LogP contribution in [0.5, 0.6) is 11.5 Å². The summed E-state index contributed by atoms with van der Waals surface area (Å²) in [6, 6.07) is 7.21. The van der Waals surface area contributed by atoms with Crippen molar-refractivity contribution in [2.45, 2.75) is 12.6 Å². The molecule has 0 aliphatic heterocycles. The maximum Gasteiger partial charge on any atom is 0.325 e. The van der Waals surface area contributed by atoms with Gasteiger partial charge in [-0.1, -0.05) is 12.1 Å². The Balaban J connectivity index is 2.17. The first-order valence-electron chi connectivity index (χ1n) is 6.34. The van der Waals surface area contributed by atoms with E-state index in [1.54, 1.807) is 24.5 Å². The Labute approximate surface area is 122 Å². The lowest BCUT2D eigenvalue weighted by molar-refractivity contribution is -0.139. The molecule has 0 bridgehead atoms. The van der Waals surface area contributed by atoms with Crippen molar-refractivity contribution in [1.82, 2.24) is 10.3 Å². The van der Waals surface area contributed by atoms with E-state index in [-0.39, 0.29) is 11.5 Å². The predicted octanol–water partition coefficient (Wildman–Crippen LogP) is 1.71. The summed E-state index contributed by atoms with van der Waals surface area (Å²) < 4.78 is 5.00. The molecule has 1 unspecified atom stereocenters. The van der Waals surface area contributed by atoms with Crippen LogP contribution in [-0.4, -0.2) is 28.3 Å². The largest absolute Gasteiger partial charge is 0.504 e. The number of ether oxygens (including phenoxy) is 1. The Morgan fingerprint density at radius 3 is 2.86 bits per heavy atom. The topological polar surface area (TPSA) is 91.7 Å². The van der Waals surface area contributed by atoms with Gasteiger partial charge in [-0.05, 0) is 29.3 Å². The van der Waals surface area contributed by atoms with Crippen LogP contribution in [0, 0.1) is 0 Å². The normalized spacial score (nSPS) is 11.9. The summed E-state index contributed by atoms with van der Waals surface area (Å²) in [5.41, 5.74) is 1.38. The number of nitrogens with zero attached hydrogens (tertiary/aromatic N) is 1. The molecule has 0 aliphatic carbocycles. The second kappa shape index (κ2) is 6.71. The van der Waals surface area contributed by atoms with Crippen LogP contribution >= 0.6 is 0 Å². The van der Waals surface area contributed by atoms with Crippen molar-refractivity contribution >= 4 is 5.97 Å². The molecule has 1 atom stereocenters. The Kier molecular flexibility index (Phi) is 4.73. The van der Waals surface area contributed by atoms with Crippen molar-refractivity contribution in [1.29, 1.82) is 0 Å². The molecule has 3 N–H and O–H groups in total. The van der Waals surface area contributed by atoms with E-state index in [0.29, 0.717) is 12.1 Å². The molecule has 0 amide bonds. The van der Waals surface area contributed by atoms with Crippen molar-refractivity contribution in [3.63, 3.8) is 0 Å². The van der Waals surface area contributed by atoms with Gasteiger partial charge in [-0.2, -0.15) is 0 Å². The zero-order chi connectivity index (χ0) is 15.2. The third-order valence-corrected chi connectivity index (χ3v) is 3.02. The number of phenolic OH excluding ortho intramolecular Hbond substituents is 1. The van der Waals surface area contributed by atoms with Crippen LogP contribution in [0.25, 0.3) is 0 Å². The van der Waals surface area contributed by atoms with Gasteiger partial charge in [0.15, 0.2) is 11.5 Å².